The molecule has 0 saturated heterocycles. The lowest BCUT2D eigenvalue weighted by Crippen LogP contribution is -1.91. The van der Waals surface area contributed by atoms with E-state index in [0.717, 1.165) is 6.42 Å². The summed E-state index contributed by atoms with van der Waals surface area (Å²) in [7, 11) is -2.61. The SMILES string of the molecule is CCCO[P+](=O)[O-].[NH4+]. The first-order chi connectivity index (χ1) is 3.27. The normalized spacial score (nSPS) is 10.0. The molecule has 4 nitrogen and oxygen atoms in total. The van der Waals surface area contributed by atoms with Crippen LogP contribution in [0.5, 0.6) is 0 Å². The highest BCUT2D eigenvalue weighted by atomic mass is 31.1. The van der Waals surface area contributed by atoms with E-state index in [1.165, 1.54) is 0 Å². The van der Waals surface area contributed by atoms with Gasteiger partial charge in [0.2, 0.25) is 0 Å². The van der Waals surface area contributed by atoms with Crippen LogP contribution in [0, 0.1) is 0 Å². The van der Waals surface area contributed by atoms with Crippen molar-refractivity contribution in [1.29, 1.82) is 0 Å². The van der Waals surface area contributed by atoms with Crippen LogP contribution in [-0.4, -0.2) is 6.61 Å². The molecule has 0 aromatic rings. The maximum atomic E-state index is 9.57. The maximum Gasteiger partial charge on any atom is 0.488 e. The van der Waals surface area contributed by atoms with Crippen LogP contribution >= 0.6 is 8.25 Å². The molecule has 5 heteroatoms. The summed E-state index contributed by atoms with van der Waals surface area (Å²) in [6, 6.07) is 0. The summed E-state index contributed by atoms with van der Waals surface area (Å²) in [6.45, 7) is 2.15. The standard InChI is InChI=1S/C3H7O3P.H3N/c1-2-3-6-7(4)5;/h2-3H2,1H3;1H3/p+1. The van der Waals surface area contributed by atoms with Gasteiger partial charge < -0.3 is 11.0 Å². The molecule has 50 valence electrons. The zero-order valence-electron chi connectivity index (χ0n) is 5.09. The highest BCUT2D eigenvalue weighted by Gasteiger charge is 1.95. The summed E-state index contributed by atoms with van der Waals surface area (Å²) in [5.41, 5.74) is 0. The van der Waals surface area contributed by atoms with Crippen molar-refractivity contribution < 1.29 is 14.0 Å². The van der Waals surface area contributed by atoms with E-state index in [1.807, 2.05) is 6.92 Å². The van der Waals surface area contributed by atoms with Crippen LogP contribution in [0.4, 0.5) is 0 Å². The smallest absolute Gasteiger partial charge is 0.488 e. The molecule has 0 saturated carbocycles. The summed E-state index contributed by atoms with van der Waals surface area (Å²) < 4.78 is 13.7. The van der Waals surface area contributed by atoms with E-state index in [1.54, 1.807) is 0 Å². The molecule has 0 fully saturated rings. The number of hydrogen-bond donors (Lipinski definition) is 1. The largest absolute Gasteiger partial charge is 0.566 e. The van der Waals surface area contributed by atoms with E-state index in [9.17, 15) is 9.46 Å². The van der Waals surface area contributed by atoms with Gasteiger partial charge in [0.05, 0.1) is 0 Å². The van der Waals surface area contributed by atoms with Crippen LogP contribution in [0.1, 0.15) is 13.3 Å². The fourth-order valence-electron chi connectivity index (χ4n) is 0.166. The van der Waals surface area contributed by atoms with E-state index in [0.29, 0.717) is 6.61 Å². The molecule has 4 N–H and O–H groups in total. The minimum absolute atomic E-state index is 0. The van der Waals surface area contributed by atoms with Gasteiger partial charge in [-0.05, 0) is 11.0 Å². The zero-order valence-corrected chi connectivity index (χ0v) is 5.98. The minimum Gasteiger partial charge on any atom is -0.566 e. The summed E-state index contributed by atoms with van der Waals surface area (Å²) in [4.78, 5) is 9.57. The van der Waals surface area contributed by atoms with Crippen molar-refractivity contribution in [2.45, 2.75) is 13.3 Å². The molecular weight excluding hydrogens is 129 g/mol. The summed E-state index contributed by atoms with van der Waals surface area (Å²) >= 11 is 0. The first-order valence-electron chi connectivity index (χ1n) is 2.04. The Morgan fingerprint density at radius 2 is 2.25 bits per heavy atom. The van der Waals surface area contributed by atoms with E-state index < -0.39 is 8.25 Å². The molecule has 1 unspecified atom stereocenters. The molecule has 8 heavy (non-hydrogen) atoms. The lowest BCUT2D eigenvalue weighted by Gasteiger charge is -1.83. The van der Waals surface area contributed by atoms with Gasteiger partial charge in [-0.15, -0.1) is 4.52 Å². The van der Waals surface area contributed by atoms with E-state index in [2.05, 4.69) is 4.52 Å². The molecule has 0 aliphatic carbocycles. The summed E-state index contributed by atoms with van der Waals surface area (Å²) in [5, 5.41) is 0. The fourth-order valence-corrected chi connectivity index (χ4v) is 0.497. The number of quaternary nitrogens is 1. The predicted octanol–water partition coefficient (Wildman–Crippen LogP) is 0.807. The minimum atomic E-state index is -2.61. The molecule has 0 rings (SSSR count). The first-order valence-corrected chi connectivity index (χ1v) is 3.14. The third-order valence-electron chi connectivity index (χ3n) is 0.401. The van der Waals surface area contributed by atoms with Gasteiger partial charge in [0.15, 0.2) is 0 Å². The highest BCUT2D eigenvalue weighted by molar-refractivity contribution is 7.30. The van der Waals surface area contributed by atoms with Crippen LogP contribution in [0.3, 0.4) is 0 Å². The molecule has 0 aromatic carbocycles. The van der Waals surface area contributed by atoms with Gasteiger partial charge in [-0.2, -0.15) is 0 Å². The Balaban J connectivity index is 0. The lowest BCUT2D eigenvalue weighted by atomic mass is 10.5. The molecule has 0 aromatic heterocycles. The van der Waals surface area contributed by atoms with Gasteiger partial charge in [0.25, 0.3) is 0 Å². The second kappa shape index (κ2) is 6.98. The van der Waals surface area contributed by atoms with Crippen molar-refractivity contribution in [3.8, 4) is 0 Å². The molecular formula is C3H11NO3P+. The van der Waals surface area contributed by atoms with Crippen LogP contribution in [-0.2, 0) is 9.09 Å². The number of hydrogen-bond acceptors (Lipinski definition) is 3. The van der Waals surface area contributed by atoms with Gasteiger partial charge >= 0.3 is 8.25 Å². The third-order valence-corrected chi connectivity index (χ3v) is 0.794. The van der Waals surface area contributed by atoms with Gasteiger partial charge in [0, 0.05) is 0 Å². The summed E-state index contributed by atoms with van der Waals surface area (Å²) in [6.07, 6.45) is 0.739. The third kappa shape index (κ3) is 9.36. The Hall–Kier alpha value is -0.0200. The van der Waals surface area contributed by atoms with Crippen molar-refractivity contribution in [2.24, 2.45) is 0 Å². The molecule has 0 radical (unpaired) electrons. The molecule has 0 heterocycles. The average Bonchev–Trinajstić information content (AvgIpc) is 1.61. The van der Waals surface area contributed by atoms with E-state index >= 15 is 0 Å². The Labute approximate surface area is 49.4 Å². The van der Waals surface area contributed by atoms with Gasteiger partial charge in [-0.1, -0.05) is 6.92 Å². The van der Waals surface area contributed by atoms with E-state index in [-0.39, 0.29) is 6.15 Å². The van der Waals surface area contributed by atoms with Crippen LogP contribution in [0.25, 0.3) is 0 Å². The predicted molar refractivity (Wildman–Crippen MR) is 29.8 cm³/mol. The quantitative estimate of drug-likeness (QED) is 0.588. The maximum absolute atomic E-state index is 9.57. The monoisotopic (exact) mass is 140 g/mol. The zero-order chi connectivity index (χ0) is 5.70. The van der Waals surface area contributed by atoms with Crippen molar-refractivity contribution in [3.63, 3.8) is 0 Å². The van der Waals surface area contributed by atoms with Crippen molar-refractivity contribution in [2.75, 3.05) is 6.61 Å². The average molecular weight is 140 g/mol. The van der Waals surface area contributed by atoms with Gasteiger partial charge in [0.1, 0.15) is 6.61 Å². The Morgan fingerprint density at radius 3 is 2.38 bits per heavy atom. The molecule has 0 bridgehead atoms. The topological polar surface area (TPSA) is 85.9 Å². The summed E-state index contributed by atoms with van der Waals surface area (Å²) in [5.74, 6) is 0. The van der Waals surface area contributed by atoms with Gasteiger partial charge in [-0.25, -0.2) is 0 Å². The molecule has 0 aliphatic heterocycles. The van der Waals surface area contributed by atoms with Crippen LogP contribution in [0.2, 0.25) is 0 Å². The lowest BCUT2D eigenvalue weighted by molar-refractivity contribution is -0.185. The molecule has 0 aliphatic rings. The second-order valence-electron chi connectivity index (χ2n) is 1.06. The second-order valence-corrected chi connectivity index (χ2v) is 1.76. The fraction of sp³-hybridized carbons (Fsp3) is 1.00. The Morgan fingerprint density at radius 1 is 1.75 bits per heavy atom. The molecule has 0 amide bonds. The van der Waals surface area contributed by atoms with Crippen molar-refractivity contribution in [3.05, 3.63) is 0 Å². The van der Waals surface area contributed by atoms with Crippen LogP contribution in [0.15, 0.2) is 0 Å². The molecule has 1 atom stereocenters. The Bertz CT molecular complexity index is 67.5. The number of rotatable bonds is 3. The van der Waals surface area contributed by atoms with E-state index in [4.69, 9.17) is 0 Å². The van der Waals surface area contributed by atoms with Crippen molar-refractivity contribution >= 4 is 8.25 Å². The van der Waals surface area contributed by atoms with Crippen molar-refractivity contribution in [1.82, 2.24) is 6.15 Å². The van der Waals surface area contributed by atoms with Crippen LogP contribution < -0.4 is 11.0 Å². The van der Waals surface area contributed by atoms with Gasteiger partial charge in [-0.3, -0.25) is 0 Å². The first kappa shape index (κ1) is 10.9. The molecule has 0 spiro atoms. The highest BCUT2D eigenvalue weighted by Crippen LogP contribution is 2.07. The Kier molecular flexibility index (Phi) is 9.49.